The zero-order chi connectivity index (χ0) is 36.6. The summed E-state index contributed by atoms with van der Waals surface area (Å²) in [5.74, 6) is 2.66. The number of nitrogens with one attached hydrogen (secondary N) is 4. The molecule has 0 unspecified atom stereocenters. The molecule has 0 saturated carbocycles. The van der Waals surface area contributed by atoms with Crippen molar-refractivity contribution in [2.45, 2.75) is 82.0 Å². The van der Waals surface area contributed by atoms with Gasteiger partial charge in [0.25, 0.3) is 0 Å². The van der Waals surface area contributed by atoms with Gasteiger partial charge in [-0.1, -0.05) is 34.9 Å². The zero-order valence-electron chi connectivity index (χ0n) is 30.4. The van der Waals surface area contributed by atoms with Crippen molar-refractivity contribution in [1.82, 2.24) is 21.3 Å². The number of urea groups is 1. The summed E-state index contributed by atoms with van der Waals surface area (Å²) in [5, 5.41) is 12.1. The van der Waals surface area contributed by atoms with E-state index in [9.17, 15) is 19.2 Å². The summed E-state index contributed by atoms with van der Waals surface area (Å²) in [6.45, 7) is 9.09. The summed E-state index contributed by atoms with van der Waals surface area (Å²) >= 11 is 1.91. The van der Waals surface area contributed by atoms with E-state index >= 15 is 0 Å². The first-order valence-electron chi connectivity index (χ1n) is 18.4. The van der Waals surface area contributed by atoms with Crippen molar-refractivity contribution < 1.29 is 47.6 Å². The van der Waals surface area contributed by atoms with Crippen LogP contribution in [-0.4, -0.2) is 151 Å². The molecule has 0 aromatic carbocycles. The maximum atomic E-state index is 12.1. The number of ether oxygens (including phenoxy) is 6. The van der Waals surface area contributed by atoms with Crippen LogP contribution in [0.15, 0.2) is 0 Å². The summed E-state index contributed by atoms with van der Waals surface area (Å²) in [6, 6.07) is 0.427. The molecule has 3 atom stereocenters. The van der Waals surface area contributed by atoms with Crippen molar-refractivity contribution in [1.29, 1.82) is 0 Å². The van der Waals surface area contributed by atoms with E-state index < -0.39 is 0 Å². The van der Waals surface area contributed by atoms with E-state index in [1.807, 2.05) is 11.8 Å². The Morgan fingerprint density at radius 3 is 1.98 bits per heavy atom. The smallest absolute Gasteiger partial charge is 0.315 e. The van der Waals surface area contributed by atoms with Gasteiger partial charge >= 0.3 is 6.03 Å². The number of hydrogen-bond donors (Lipinski definition) is 4. The third-order valence-corrected chi connectivity index (χ3v) is 11.7. The first-order valence-corrected chi connectivity index (χ1v) is 22.0. The molecule has 0 aromatic rings. The van der Waals surface area contributed by atoms with Gasteiger partial charge in [-0.3, -0.25) is 14.4 Å². The van der Waals surface area contributed by atoms with Crippen LogP contribution in [0.2, 0.25) is 0 Å². The van der Waals surface area contributed by atoms with E-state index in [1.54, 1.807) is 21.6 Å². The van der Waals surface area contributed by atoms with E-state index in [2.05, 4.69) is 28.2 Å². The number of hydrogen-bond acceptors (Lipinski definition) is 13. The molecular weight excluding hydrogens is 721 g/mol. The van der Waals surface area contributed by atoms with Gasteiger partial charge in [0, 0.05) is 74.5 Å². The molecule has 0 radical (unpaired) electrons. The quantitative estimate of drug-likeness (QED) is 0.0416. The Balaban J connectivity index is 1.22. The van der Waals surface area contributed by atoms with Crippen LogP contribution in [0.1, 0.15) is 64.7 Å². The summed E-state index contributed by atoms with van der Waals surface area (Å²) in [4.78, 5) is 47.5. The Hall–Kier alpha value is -1.31. The second-order valence-electron chi connectivity index (χ2n) is 12.0. The van der Waals surface area contributed by atoms with Gasteiger partial charge in [-0.15, -0.1) is 0 Å². The van der Waals surface area contributed by atoms with Crippen LogP contribution >= 0.6 is 33.3 Å². The highest BCUT2D eigenvalue weighted by Gasteiger charge is 2.42. The van der Waals surface area contributed by atoms with E-state index in [-0.39, 0.29) is 35.7 Å². The van der Waals surface area contributed by atoms with Crippen molar-refractivity contribution >= 4 is 57.0 Å². The van der Waals surface area contributed by atoms with Gasteiger partial charge in [0.2, 0.25) is 11.8 Å². The molecular formula is C34H62N4O10S3. The Morgan fingerprint density at radius 2 is 1.25 bits per heavy atom. The molecule has 2 saturated heterocycles. The normalized spacial score (nSPS) is 18.0. The number of fused-ring (bicyclic) bond motifs is 1. The van der Waals surface area contributed by atoms with Gasteiger partial charge in [-0.25, -0.2) is 4.79 Å². The molecule has 2 aliphatic heterocycles. The van der Waals surface area contributed by atoms with E-state index in [4.69, 9.17) is 28.4 Å². The van der Waals surface area contributed by atoms with Crippen molar-refractivity contribution in [3.8, 4) is 0 Å². The Bertz CT molecular complexity index is 943. The molecule has 4 amide bonds. The van der Waals surface area contributed by atoms with Crippen LogP contribution < -0.4 is 21.3 Å². The fourth-order valence-corrected chi connectivity index (χ4v) is 8.56. The molecule has 2 heterocycles. The van der Waals surface area contributed by atoms with Crippen LogP contribution in [-0.2, 0) is 42.8 Å². The SMILES string of the molecule is CCCOCCOCCOCCC(=O)NCCSSCCC(=O)NCCOCCOCCOCCCC(=O)CCCC[C@@H]1SC[C@@H]2NC(=O)N[C@@H]21. The third kappa shape index (κ3) is 25.4. The number of Topliss-reactive ketones (excluding diaryl/α,β-unsaturated/α-hetero) is 1. The second-order valence-corrected chi connectivity index (χ2v) is 16.0. The van der Waals surface area contributed by atoms with Crippen LogP contribution in [0.4, 0.5) is 4.79 Å². The number of carbonyl (C=O) groups is 4. The number of rotatable bonds is 36. The largest absolute Gasteiger partial charge is 0.379 e. The first-order chi connectivity index (χ1) is 25.0. The van der Waals surface area contributed by atoms with Gasteiger partial charge in [0.15, 0.2) is 0 Å². The third-order valence-electron chi connectivity index (χ3n) is 7.76. The molecule has 17 heteroatoms. The molecule has 14 nitrogen and oxygen atoms in total. The highest BCUT2D eigenvalue weighted by molar-refractivity contribution is 8.76. The maximum absolute atomic E-state index is 12.1. The lowest BCUT2D eigenvalue weighted by molar-refractivity contribution is -0.122. The zero-order valence-corrected chi connectivity index (χ0v) is 32.9. The van der Waals surface area contributed by atoms with Gasteiger partial charge in [-0.05, 0) is 25.7 Å². The molecule has 2 rings (SSSR count). The molecule has 2 aliphatic rings. The number of ketones is 1. The standard InChI is InChI=1S/C34H62N4O10S3/c1-2-13-43-17-21-47-23-19-45-15-9-31(40)36-12-26-51-50-25-10-32(41)35-11-16-46-20-24-48-22-18-44-14-5-7-28(39)6-3-4-8-30-33-29(27-49-30)37-34(42)38-33/h29-30,33H,2-27H2,1H3,(H,35,41)(H,36,40)(H2,37,38,42)/t29-,30-,33-/m0/s1. The van der Waals surface area contributed by atoms with Gasteiger partial charge in [0.05, 0.1) is 78.2 Å². The van der Waals surface area contributed by atoms with Crippen LogP contribution in [0.25, 0.3) is 0 Å². The summed E-state index contributed by atoms with van der Waals surface area (Å²) in [6.07, 6.45) is 6.54. The molecule has 51 heavy (non-hydrogen) atoms. The lowest BCUT2D eigenvalue weighted by Crippen LogP contribution is -2.36. The Kier molecular flexibility index (Phi) is 28.9. The molecule has 0 spiro atoms. The lowest BCUT2D eigenvalue weighted by Gasteiger charge is -2.16. The second kappa shape index (κ2) is 32.1. The number of carbonyl (C=O) groups excluding carboxylic acids is 4. The fraction of sp³-hybridized carbons (Fsp3) is 0.882. The highest BCUT2D eigenvalue weighted by Crippen LogP contribution is 2.33. The molecule has 0 bridgehead atoms. The van der Waals surface area contributed by atoms with Gasteiger partial charge in [-0.2, -0.15) is 11.8 Å². The average molecular weight is 783 g/mol. The first kappa shape index (κ1) is 45.8. The topological polar surface area (TPSA) is 172 Å². The van der Waals surface area contributed by atoms with E-state index in [0.717, 1.165) is 50.2 Å². The van der Waals surface area contributed by atoms with Crippen LogP contribution in [0.3, 0.4) is 0 Å². The summed E-state index contributed by atoms with van der Waals surface area (Å²) in [7, 11) is 3.24. The van der Waals surface area contributed by atoms with Crippen molar-refractivity contribution in [2.75, 3.05) is 110 Å². The average Bonchev–Trinajstić information content (AvgIpc) is 3.68. The maximum Gasteiger partial charge on any atom is 0.315 e. The minimum atomic E-state index is -0.0560. The molecule has 2 fully saturated rings. The van der Waals surface area contributed by atoms with Crippen molar-refractivity contribution in [2.24, 2.45) is 0 Å². The minimum absolute atomic E-state index is 0.0129. The Labute approximate surface area is 316 Å². The predicted molar refractivity (Wildman–Crippen MR) is 204 cm³/mol. The number of thioether (sulfide) groups is 1. The van der Waals surface area contributed by atoms with E-state index in [0.29, 0.717) is 122 Å². The van der Waals surface area contributed by atoms with Crippen molar-refractivity contribution in [3.63, 3.8) is 0 Å². The number of amides is 4. The predicted octanol–water partition coefficient (Wildman–Crippen LogP) is 2.97. The molecule has 0 aliphatic carbocycles. The van der Waals surface area contributed by atoms with E-state index in [1.165, 1.54) is 0 Å². The van der Waals surface area contributed by atoms with Crippen molar-refractivity contribution in [3.05, 3.63) is 0 Å². The Morgan fingerprint density at radius 1 is 0.667 bits per heavy atom. The monoisotopic (exact) mass is 782 g/mol. The van der Waals surface area contributed by atoms with Gasteiger partial charge in [0.1, 0.15) is 5.78 Å². The molecule has 296 valence electrons. The summed E-state index contributed by atoms with van der Waals surface area (Å²) in [5.41, 5.74) is 0. The number of unbranched alkanes of at least 4 members (excludes halogenated alkanes) is 1. The summed E-state index contributed by atoms with van der Waals surface area (Å²) < 4.78 is 32.7. The molecule has 0 aromatic heterocycles. The fourth-order valence-electron chi connectivity index (χ4n) is 5.12. The minimum Gasteiger partial charge on any atom is -0.379 e. The lowest BCUT2D eigenvalue weighted by atomic mass is 10.0. The van der Waals surface area contributed by atoms with Gasteiger partial charge < -0.3 is 49.7 Å². The van der Waals surface area contributed by atoms with Crippen LogP contribution in [0.5, 0.6) is 0 Å². The highest BCUT2D eigenvalue weighted by atomic mass is 33.1. The van der Waals surface area contributed by atoms with Crippen LogP contribution in [0, 0.1) is 0 Å². The molecule has 4 N–H and O–H groups in total.